The summed E-state index contributed by atoms with van der Waals surface area (Å²) >= 11 is 1.89. The Morgan fingerprint density at radius 3 is 3.18 bits per heavy atom. The van der Waals surface area contributed by atoms with E-state index in [0.29, 0.717) is 11.3 Å². The lowest BCUT2D eigenvalue weighted by atomic mass is 10.2. The molecular weight excluding hydrogens is 234 g/mol. The molecule has 0 aromatic carbocycles. The molecule has 3 rings (SSSR count). The van der Waals surface area contributed by atoms with Crippen molar-refractivity contribution in [2.24, 2.45) is 0 Å². The number of thioether (sulfide) groups is 1. The zero-order valence-corrected chi connectivity index (χ0v) is 10.9. The van der Waals surface area contributed by atoms with Crippen molar-refractivity contribution >= 4 is 11.8 Å². The van der Waals surface area contributed by atoms with Crippen LogP contribution < -0.4 is 5.32 Å². The van der Waals surface area contributed by atoms with Gasteiger partial charge in [0.25, 0.3) is 0 Å². The molecule has 1 aromatic rings. The maximum atomic E-state index is 9.55. The molecule has 2 aliphatic rings. The summed E-state index contributed by atoms with van der Waals surface area (Å²) in [7, 11) is 0. The summed E-state index contributed by atoms with van der Waals surface area (Å²) in [4.78, 5) is 1.29. The predicted octanol–water partition coefficient (Wildman–Crippen LogP) is 1.38. The maximum absolute atomic E-state index is 9.55. The van der Waals surface area contributed by atoms with E-state index in [9.17, 15) is 5.11 Å². The number of aromatic nitrogens is 2. The van der Waals surface area contributed by atoms with Crippen LogP contribution >= 0.6 is 11.8 Å². The average molecular weight is 253 g/mol. The van der Waals surface area contributed by atoms with Crippen molar-refractivity contribution < 1.29 is 5.11 Å². The van der Waals surface area contributed by atoms with Gasteiger partial charge in [-0.05, 0) is 26.2 Å². The first kappa shape index (κ1) is 11.6. The van der Waals surface area contributed by atoms with Crippen molar-refractivity contribution in [2.75, 3.05) is 0 Å². The van der Waals surface area contributed by atoms with Gasteiger partial charge in [-0.25, -0.2) is 0 Å². The minimum atomic E-state index is -0.0861. The number of rotatable bonds is 2. The Labute approximate surface area is 106 Å². The van der Waals surface area contributed by atoms with Crippen LogP contribution in [0.3, 0.4) is 0 Å². The van der Waals surface area contributed by atoms with Crippen molar-refractivity contribution in [3.8, 4) is 0 Å². The van der Waals surface area contributed by atoms with E-state index in [0.717, 1.165) is 32.4 Å². The van der Waals surface area contributed by atoms with Gasteiger partial charge in [0.05, 0.1) is 29.4 Å². The molecule has 2 heterocycles. The molecule has 0 bridgehead atoms. The fourth-order valence-electron chi connectivity index (χ4n) is 2.63. The van der Waals surface area contributed by atoms with Crippen LogP contribution in [0.2, 0.25) is 0 Å². The second kappa shape index (κ2) is 4.63. The summed E-state index contributed by atoms with van der Waals surface area (Å²) in [5, 5.41) is 18.1. The number of aliphatic hydroxyl groups is 1. The van der Waals surface area contributed by atoms with Gasteiger partial charge in [-0.2, -0.15) is 5.10 Å². The molecule has 1 aliphatic heterocycles. The van der Waals surface area contributed by atoms with Crippen LogP contribution in [-0.2, 0) is 13.1 Å². The number of nitrogens with zero attached hydrogens (tertiary/aromatic N) is 2. The topological polar surface area (TPSA) is 50.1 Å². The van der Waals surface area contributed by atoms with E-state index in [4.69, 9.17) is 0 Å². The largest absolute Gasteiger partial charge is 0.393 e. The monoisotopic (exact) mass is 253 g/mol. The van der Waals surface area contributed by atoms with E-state index < -0.39 is 0 Å². The molecule has 1 fully saturated rings. The Kier molecular flexibility index (Phi) is 3.15. The van der Waals surface area contributed by atoms with Crippen LogP contribution in [0.5, 0.6) is 0 Å². The highest BCUT2D eigenvalue weighted by molar-refractivity contribution is 8.00. The van der Waals surface area contributed by atoms with Crippen molar-refractivity contribution in [3.63, 3.8) is 0 Å². The lowest BCUT2D eigenvalue weighted by Gasteiger charge is -2.22. The van der Waals surface area contributed by atoms with Crippen molar-refractivity contribution in [2.45, 2.75) is 61.6 Å². The average Bonchev–Trinajstić information content (AvgIpc) is 2.86. The van der Waals surface area contributed by atoms with E-state index >= 15 is 0 Å². The number of nitrogens with one attached hydrogen (secondary N) is 1. The van der Waals surface area contributed by atoms with Crippen LogP contribution in [0.1, 0.15) is 31.9 Å². The minimum Gasteiger partial charge on any atom is -0.393 e. The predicted molar refractivity (Wildman–Crippen MR) is 68.0 cm³/mol. The molecule has 0 saturated heterocycles. The van der Waals surface area contributed by atoms with Crippen molar-refractivity contribution in [1.29, 1.82) is 0 Å². The van der Waals surface area contributed by atoms with Gasteiger partial charge >= 0.3 is 0 Å². The van der Waals surface area contributed by atoms with Crippen molar-refractivity contribution in [3.05, 3.63) is 11.9 Å². The molecule has 1 aliphatic carbocycles. The molecule has 17 heavy (non-hydrogen) atoms. The third kappa shape index (κ3) is 2.37. The van der Waals surface area contributed by atoms with Crippen LogP contribution in [0, 0.1) is 0 Å². The Bertz CT molecular complexity index is 406. The van der Waals surface area contributed by atoms with Gasteiger partial charge in [0, 0.05) is 17.8 Å². The quantitative estimate of drug-likeness (QED) is 0.836. The van der Waals surface area contributed by atoms with E-state index in [1.807, 2.05) is 18.0 Å². The molecule has 0 radical (unpaired) electrons. The zero-order chi connectivity index (χ0) is 11.8. The SMILES string of the molecule is CC1Cn2ncc(SC3CCC(O)C3)c2CN1. The van der Waals surface area contributed by atoms with Crippen LogP contribution in [0.15, 0.2) is 11.1 Å². The van der Waals surface area contributed by atoms with Gasteiger partial charge in [-0.3, -0.25) is 4.68 Å². The third-order valence-corrected chi connectivity index (χ3v) is 4.98. The van der Waals surface area contributed by atoms with Gasteiger partial charge in [0.1, 0.15) is 0 Å². The fraction of sp³-hybridized carbons (Fsp3) is 0.750. The normalized spacial score (nSPS) is 32.7. The molecule has 4 nitrogen and oxygen atoms in total. The highest BCUT2D eigenvalue weighted by atomic mass is 32.2. The number of hydrogen-bond acceptors (Lipinski definition) is 4. The molecule has 3 atom stereocenters. The molecule has 0 spiro atoms. The van der Waals surface area contributed by atoms with Gasteiger partial charge in [0.15, 0.2) is 0 Å². The Balaban J connectivity index is 1.72. The number of fused-ring (bicyclic) bond motifs is 1. The standard InChI is InChI=1S/C12H19N3OS/c1-8-7-15-11(5-13-8)12(6-14-15)17-10-3-2-9(16)4-10/h6,8-10,13,16H,2-5,7H2,1H3. The first-order chi connectivity index (χ1) is 8.22. The lowest BCUT2D eigenvalue weighted by Crippen LogP contribution is -2.36. The molecule has 3 unspecified atom stereocenters. The highest BCUT2D eigenvalue weighted by Crippen LogP contribution is 2.36. The second-order valence-electron chi connectivity index (χ2n) is 5.13. The first-order valence-corrected chi connectivity index (χ1v) is 7.23. The summed E-state index contributed by atoms with van der Waals surface area (Å²) in [6, 6.07) is 0.508. The molecule has 1 saturated carbocycles. The van der Waals surface area contributed by atoms with E-state index in [2.05, 4.69) is 22.0 Å². The zero-order valence-electron chi connectivity index (χ0n) is 10.1. The summed E-state index contributed by atoms with van der Waals surface area (Å²) in [6.45, 7) is 4.06. The van der Waals surface area contributed by atoms with E-state index in [1.165, 1.54) is 10.6 Å². The van der Waals surface area contributed by atoms with Gasteiger partial charge in [-0.1, -0.05) is 0 Å². The van der Waals surface area contributed by atoms with Gasteiger partial charge in [-0.15, -0.1) is 11.8 Å². The Hall–Kier alpha value is -0.520. The Morgan fingerprint density at radius 2 is 2.41 bits per heavy atom. The van der Waals surface area contributed by atoms with Gasteiger partial charge in [0.2, 0.25) is 0 Å². The summed E-state index contributed by atoms with van der Waals surface area (Å²) in [5.74, 6) is 0. The lowest BCUT2D eigenvalue weighted by molar-refractivity contribution is 0.183. The van der Waals surface area contributed by atoms with Crippen LogP contribution in [-0.4, -0.2) is 32.3 Å². The van der Waals surface area contributed by atoms with Gasteiger partial charge < -0.3 is 10.4 Å². The Morgan fingerprint density at radius 1 is 1.53 bits per heavy atom. The van der Waals surface area contributed by atoms with E-state index in [1.54, 1.807) is 0 Å². The fourth-order valence-corrected chi connectivity index (χ4v) is 3.98. The summed E-state index contributed by atoms with van der Waals surface area (Å²) < 4.78 is 2.12. The second-order valence-corrected chi connectivity index (χ2v) is 6.47. The number of aliphatic hydroxyl groups excluding tert-OH is 1. The van der Waals surface area contributed by atoms with Crippen LogP contribution in [0.4, 0.5) is 0 Å². The molecule has 5 heteroatoms. The smallest absolute Gasteiger partial charge is 0.0658 e. The molecule has 1 aromatic heterocycles. The van der Waals surface area contributed by atoms with Crippen molar-refractivity contribution in [1.82, 2.24) is 15.1 Å². The van der Waals surface area contributed by atoms with Crippen LogP contribution in [0.25, 0.3) is 0 Å². The number of hydrogen-bond donors (Lipinski definition) is 2. The third-order valence-electron chi connectivity index (χ3n) is 3.63. The molecule has 2 N–H and O–H groups in total. The minimum absolute atomic E-state index is 0.0861. The first-order valence-electron chi connectivity index (χ1n) is 6.35. The molecular formula is C12H19N3OS. The molecule has 0 amide bonds. The van der Waals surface area contributed by atoms with E-state index in [-0.39, 0.29) is 6.10 Å². The summed E-state index contributed by atoms with van der Waals surface area (Å²) in [6.07, 6.45) is 4.91. The maximum Gasteiger partial charge on any atom is 0.0658 e. The summed E-state index contributed by atoms with van der Waals surface area (Å²) in [5.41, 5.74) is 1.31. The highest BCUT2D eigenvalue weighted by Gasteiger charge is 2.26. The molecule has 94 valence electrons.